The molecule has 7 nitrogen and oxygen atoms in total. The molecule has 38 heavy (non-hydrogen) atoms. The highest BCUT2D eigenvalue weighted by Gasteiger charge is 2.41. The molecule has 0 aliphatic carbocycles. The van der Waals surface area contributed by atoms with Gasteiger partial charge < -0.3 is 19.8 Å². The Hall–Kier alpha value is -3.30. The SMILES string of the molecule is CC(C)(C)[C@H](c1nc(-c2cccc(F)c2)cn1Cc1ccccc1)N(C[C@H](F)CN)C(=O)O[C@H]1CCCO1. The van der Waals surface area contributed by atoms with E-state index in [-0.39, 0.29) is 18.9 Å². The molecule has 0 saturated carbocycles. The molecule has 204 valence electrons. The monoisotopic (exact) mass is 526 g/mol. The van der Waals surface area contributed by atoms with Gasteiger partial charge in [-0.05, 0) is 29.5 Å². The molecule has 0 radical (unpaired) electrons. The van der Waals surface area contributed by atoms with Crippen molar-refractivity contribution in [2.75, 3.05) is 19.7 Å². The van der Waals surface area contributed by atoms with Gasteiger partial charge in [-0.15, -0.1) is 0 Å². The maximum absolute atomic E-state index is 14.8. The van der Waals surface area contributed by atoms with Crippen LogP contribution in [0.15, 0.2) is 60.8 Å². The van der Waals surface area contributed by atoms with Gasteiger partial charge >= 0.3 is 6.09 Å². The average molecular weight is 527 g/mol. The molecule has 0 unspecified atom stereocenters. The van der Waals surface area contributed by atoms with Crippen LogP contribution in [0, 0.1) is 11.2 Å². The van der Waals surface area contributed by atoms with E-state index >= 15 is 0 Å². The van der Waals surface area contributed by atoms with Gasteiger partial charge in [0.2, 0.25) is 6.29 Å². The molecule has 0 bridgehead atoms. The number of hydrogen-bond donors (Lipinski definition) is 1. The summed E-state index contributed by atoms with van der Waals surface area (Å²) in [7, 11) is 0. The molecule has 0 spiro atoms. The van der Waals surface area contributed by atoms with Crippen molar-refractivity contribution in [3.63, 3.8) is 0 Å². The van der Waals surface area contributed by atoms with Gasteiger partial charge in [0.25, 0.3) is 0 Å². The van der Waals surface area contributed by atoms with Gasteiger partial charge in [0.1, 0.15) is 17.8 Å². The lowest BCUT2D eigenvalue weighted by Gasteiger charge is -2.40. The summed E-state index contributed by atoms with van der Waals surface area (Å²) in [6.45, 7) is 6.34. The molecule has 1 amide bonds. The number of rotatable bonds is 9. The first kappa shape index (κ1) is 27.7. The van der Waals surface area contributed by atoms with E-state index in [1.807, 2.05) is 61.9 Å². The largest absolute Gasteiger partial charge is 0.419 e. The van der Waals surface area contributed by atoms with Crippen molar-refractivity contribution >= 4 is 6.09 Å². The van der Waals surface area contributed by atoms with Crippen LogP contribution in [0.1, 0.15) is 51.0 Å². The highest BCUT2D eigenvalue weighted by atomic mass is 19.1. The number of carbonyl (C=O) groups excluding carboxylic acids is 1. The van der Waals surface area contributed by atoms with Gasteiger partial charge in [-0.3, -0.25) is 4.90 Å². The second-order valence-corrected chi connectivity index (χ2v) is 10.7. The van der Waals surface area contributed by atoms with E-state index in [1.54, 1.807) is 12.1 Å². The van der Waals surface area contributed by atoms with Crippen molar-refractivity contribution in [3.05, 3.63) is 78.0 Å². The Balaban J connectivity index is 1.81. The summed E-state index contributed by atoms with van der Waals surface area (Å²) in [5.41, 5.74) is 7.21. The van der Waals surface area contributed by atoms with Crippen molar-refractivity contribution in [2.24, 2.45) is 11.1 Å². The molecule has 1 aromatic heterocycles. The lowest BCUT2D eigenvalue weighted by Crippen LogP contribution is -2.47. The lowest BCUT2D eigenvalue weighted by atomic mass is 9.84. The van der Waals surface area contributed by atoms with Gasteiger partial charge in [-0.2, -0.15) is 0 Å². The summed E-state index contributed by atoms with van der Waals surface area (Å²) in [5.74, 6) is 0.160. The maximum Gasteiger partial charge on any atom is 0.412 e. The molecule has 9 heteroatoms. The molecule has 4 rings (SSSR count). The molecule has 1 fully saturated rings. The summed E-state index contributed by atoms with van der Waals surface area (Å²) in [6, 6.07) is 15.3. The summed E-state index contributed by atoms with van der Waals surface area (Å²) in [6.07, 6.45) is 0.394. The predicted molar refractivity (Wildman–Crippen MR) is 141 cm³/mol. The third-order valence-corrected chi connectivity index (χ3v) is 6.51. The number of carbonyl (C=O) groups is 1. The Kier molecular flexibility index (Phi) is 8.79. The molecule has 1 saturated heterocycles. The number of amides is 1. The third-order valence-electron chi connectivity index (χ3n) is 6.51. The van der Waals surface area contributed by atoms with Crippen LogP contribution < -0.4 is 5.73 Å². The second kappa shape index (κ2) is 12.0. The zero-order valence-corrected chi connectivity index (χ0v) is 22.1. The maximum atomic E-state index is 14.8. The Morgan fingerprint density at radius 3 is 2.63 bits per heavy atom. The Labute approximate surface area is 222 Å². The smallest absolute Gasteiger partial charge is 0.412 e. The van der Waals surface area contributed by atoms with Crippen LogP contribution in [0.5, 0.6) is 0 Å². The number of alkyl halides is 1. The molecular formula is C29H36F2N4O3. The van der Waals surface area contributed by atoms with E-state index in [0.717, 1.165) is 12.0 Å². The summed E-state index contributed by atoms with van der Waals surface area (Å²) in [5, 5.41) is 0. The van der Waals surface area contributed by atoms with E-state index in [1.165, 1.54) is 17.0 Å². The summed E-state index contributed by atoms with van der Waals surface area (Å²) >= 11 is 0. The summed E-state index contributed by atoms with van der Waals surface area (Å²) < 4.78 is 42.0. The molecule has 1 aliphatic rings. The van der Waals surface area contributed by atoms with Crippen LogP contribution in [-0.4, -0.2) is 52.7 Å². The van der Waals surface area contributed by atoms with Gasteiger partial charge in [-0.25, -0.2) is 18.6 Å². The zero-order chi connectivity index (χ0) is 27.3. The van der Waals surface area contributed by atoms with Gasteiger partial charge in [0, 0.05) is 31.3 Å². The highest BCUT2D eigenvalue weighted by Crippen LogP contribution is 2.40. The van der Waals surface area contributed by atoms with Crippen molar-refractivity contribution in [1.29, 1.82) is 0 Å². The van der Waals surface area contributed by atoms with Gasteiger partial charge in [0.15, 0.2) is 0 Å². The van der Waals surface area contributed by atoms with Crippen molar-refractivity contribution in [2.45, 2.75) is 58.7 Å². The van der Waals surface area contributed by atoms with Crippen LogP contribution in [0.4, 0.5) is 13.6 Å². The Morgan fingerprint density at radius 2 is 2.00 bits per heavy atom. The summed E-state index contributed by atoms with van der Waals surface area (Å²) in [4.78, 5) is 19.8. The molecule has 3 aromatic rings. The lowest BCUT2D eigenvalue weighted by molar-refractivity contribution is -0.0868. The zero-order valence-electron chi connectivity index (χ0n) is 22.1. The van der Waals surface area contributed by atoms with E-state index in [4.69, 9.17) is 20.2 Å². The number of nitrogens with two attached hydrogens (primary N) is 1. The normalized spacial score (nSPS) is 17.3. The second-order valence-electron chi connectivity index (χ2n) is 10.7. The Morgan fingerprint density at radius 1 is 1.24 bits per heavy atom. The molecule has 3 atom stereocenters. The fraction of sp³-hybridized carbons (Fsp3) is 0.448. The molecule has 2 heterocycles. The predicted octanol–water partition coefficient (Wildman–Crippen LogP) is 5.70. The van der Waals surface area contributed by atoms with Crippen molar-refractivity contribution < 1.29 is 23.0 Å². The number of halogens is 2. The number of aromatic nitrogens is 2. The average Bonchev–Trinajstić information content (AvgIpc) is 3.53. The van der Waals surface area contributed by atoms with Crippen LogP contribution in [0.25, 0.3) is 11.3 Å². The van der Waals surface area contributed by atoms with E-state index in [9.17, 15) is 13.6 Å². The minimum atomic E-state index is -1.46. The number of hydrogen-bond acceptors (Lipinski definition) is 5. The Bertz CT molecular complexity index is 1210. The van der Waals surface area contributed by atoms with Gasteiger partial charge in [0.05, 0.1) is 24.9 Å². The number of benzene rings is 2. The molecule has 2 aromatic carbocycles. The highest BCUT2D eigenvalue weighted by molar-refractivity contribution is 5.69. The molecule has 2 N–H and O–H groups in total. The standard InChI is InChI=1S/C29H36F2N4O3/c1-29(2,3)26(35(18-23(31)16-32)28(36)38-25-13-8-14-37-25)27-33-24(21-11-7-12-22(30)15-21)19-34(27)17-20-9-5-4-6-10-20/h4-7,9-12,15,19,23,25-26H,8,13-14,16-18,32H2,1-3H3/t23-,25+,26+/m1/s1. The number of nitrogens with zero attached hydrogens (tertiary/aromatic N) is 3. The van der Waals surface area contributed by atoms with Crippen molar-refractivity contribution in [1.82, 2.24) is 14.5 Å². The van der Waals surface area contributed by atoms with Crippen LogP contribution in [0.3, 0.4) is 0 Å². The van der Waals surface area contributed by atoms with Gasteiger partial charge in [-0.1, -0.05) is 63.2 Å². The number of ether oxygens (including phenoxy) is 2. The fourth-order valence-corrected chi connectivity index (χ4v) is 4.73. The quantitative estimate of drug-likeness (QED) is 0.387. The van der Waals surface area contributed by atoms with Crippen LogP contribution in [-0.2, 0) is 16.0 Å². The van der Waals surface area contributed by atoms with Crippen molar-refractivity contribution in [3.8, 4) is 11.3 Å². The number of imidazole rings is 1. The minimum absolute atomic E-state index is 0.242. The fourth-order valence-electron chi connectivity index (χ4n) is 4.73. The van der Waals surface area contributed by atoms with E-state index in [0.29, 0.717) is 36.7 Å². The van der Waals surface area contributed by atoms with Crippen LogP contribution in [0.2, 0.25) is 0 Å². The first-order chi connectivity index (χ1) is 18.2. The first-order valence-electron chi connectivity index (χ1n) is 13.0. The molecule has 1 aliphatic heterocycles. The third kappa shape index (κ3) is 6.76. The first-order valence-corrected chi connectivity index (χ1v) is 13.0. The van der Waals surface area contributed by atoms with Crippen LogP contribution >= 0.6 is 0 Å². The van der Waals surface area contributed by atoms with E-state index in [2.05, 4.69) is 0 Å². The topological polar surface area (TPSA) is 82.6 Å². The van der Waals surface area contributed by atoms with E-state index < -0.39 is 30.0 Å². The molecular weight excluding hydrogens is 490 g/mol. The minimum Gasteiger partial charge on any atom is -0.419 e.